The summed E-state index contributed by atoms with van der Waals surface area (Å²) >= 11 is 1.38. The van der Waals surface area contributed by atoms with Crippen LogP contribution in [0.1, 0.15) is 29.8 Å². The first-order valence-corrected chi connectivity index (χ1v) is 7.53. The maximum Gasteiger partial charge on any atom is 0.175 e. The first-order chi connectivity index (χ1) is 9.60. The molecule has 0 aromatic heterocycles. The van der Waals surface area contributed by atoms with Crippen LogP contribution >= 0.6 is 11.8 Å². The van der Waals surface area contributed by atoms with Crippen LogP contribution in [0, 0.1) is 5.82 Å². The van der Waals surface area contributed by atoms with Crippen molar-refractivity contribution in [2.75, 3.05) is 0 Å². The van der Waals surface area contributed by atoms with Crippen LogP contribution in [0.4, 0.5) is 4.39 Å². The SMILES string of the molecule is CCc1ccc(C(=O)C(C)Sc2cccc(F)c2)cc1. The fraction of sp³-hybridized carbons (Fsp3) is 0.235. The Labute approximate surface area is 123 Å². The molecule has 2 rings (SSSR count). The van der Waals surface area contributed by atoms with Gasteiger partial charge in [-0.25, -0.2) is 4.39 Å². The zero-order valence-corrected chi connectivity index (χ0v) is 12.4. The van der Waals surface area contributed by atoms with Gasteiger partial charge in [0.05, 0.1) is 5.25 Å². The number of Topliss-reactive ketones (excluding diaryl/α,β-unsaturated/α-hetero) is 1. The summed E-state index contributed by atoms with van der Waals surface area (Å²) in [6.07, 6.45) is 0.960. The van der Waals surface area contributed by atoms with Crippen LogP contribution in [0.2, 0.25) is 0 Å². The number of hydrogen-bond donors (Lipinski definition) is 0. The summed E-state index contributed by atoms with van der Waals surface area (Å²) in [5.41, 5.74) is 1.92. The predicted octanol–water partition coefficient (Wildman–Crippen LogP) is 4.75. The number of ketones is 1. The molecule has 0 spiro atoms. The first kappa shape index (κ1) is 14.8. The second-order valence-corrected chi connectivity index (χ2v) is 6.05. The van der Waals surface area contributed by atoms with Gasteiger partial charge in [0.15, 0.2) is 5.78 Å². The van der Waals surface area contributed by atoms with E-state index in [2.05, 4.69) is 6.92 Å². The van der Waals surface area contributed by atoms with E-state index in [1.807, 2.05) is 37.3 Å². The average molecular weight is 288 g/mol. The number of hydrogen-bond acceptors (Lipinski definition) is 2. The zero-order valence-electron chi connectivity index (χ0n) is 11.6. The van der Waals surface area contributed by atoms with Crippen LogP contribution in [0.25, 0.3) is 0 Å². The molecule has 1 atom stereocenters. The van der Waals surface area contributed by atoms with E-state index in [0.717, 1.165) is 11.3 Å². The van der Waals surface area contributed by atoms with Crippen molar-refractivity contribution in [3.05, 3.63) is 65.5 Å². The van der Waals surface area contributed by atoms with Gasteiger partial charge in [-0.3, -0.25) is 4.79 Å². The number of aryl methyl sites for hydroxylation is 1. The van der Waals surface area contributed by atoms with Gasteiger partial charge in [0.1, 0.15) is 5.82 Å². The molecule has 20 heavy (non-hydrogen) atoms. The maximum absolute atomic E-state index is 13.1. The van der Waals surface area contributed by atoms with Crippen molar-refractivity contribution in [2.24, 2.45) is 0 Å². The van der Waals surface area contributed by atoms with Crippen molar-refractivity contribution in [1.82, 2.24) is 0 Å². The van der Waals surface area contributed by atoms with E-state index in [0.29, 0.717) is 5.56 Å². The van der Waals surface area contributed by atoms with E-state index >= 15 is 0 Å². The van der Waals surface area contributed by atoms with Crippen LogP contribution in [0.15, 0.2) is 53.4 Å². The minimum atomic E-state index is -0.276. The third-order valence-electron chi connectivity index (χ3n) is 3.12. The molecular weight excluding hydrogens is 271 g/mol. The molecule has 0 aliphatic carbocycles. The minimum absolute atomic E-state index is 0.0712. The number of benzene rings is 2. The molecule has 2 aromatic rings. The van der Waals surface area contributed by atoms with Crippen molar-refractivity contribution in [3.63, 3.8) is 0 Å². The molecule has 0 N–H and O–H groups in total. The third kappa shape index (κ3) is 3.70. The van der Waals surface area contributed by atoms with Gasteiger partial charge in [0, 0.05) is 10.5 Å². The molecule has 3 heteroatoms. The van der Waals surface area contributed by atoms with Crippen LogP contribution in [0.5, 0.6) is 0 Å². The molecule has 0 radical (unpaired) electrons. The fourth-order valence-electron chi connectivity index (χ4n) is 1.94. The summed E-state index contributed by atoms with van der Waals surface area (Å²) in [5, 5.41) is -0.232. The number of carbonyl (C=O) groups is 1. The van der Waals surface area contributed by atoms with Crippen molar-refractivity contribution in [1.29, 1.82) is 0 Å². The molecule has 0 bridgehead atoms. The summed E-state index contributed by atoms with van der Waals surface area (Å²) in [6.45, 7) is 3.94. The molecule has 0 saturated carbocycles. The van der Waals surface area contributed by atoms with E-state index < -0.39 is 0 Å². The standard InChI is InChI=1S/C17H17FOS/c1-3-13-7-9-14(10-8-13)17(19)12(2)20-16-6-4-5-15(18)11-16/h4-12H,3H2,1-2H3. The van der Waals surface area contributed by atoms with E-state index in [-0.39, 0.29) is 16.9 Å². The lowest BCUT2D eigenvalue weighted by Crippen LogP contribution is -2.13. The topological polar surface area (TPSA) is 17.1 Å². The summed E-state index contributed by atoms with van der Waals surface area (Å²) < 4.78 is 13.1. The third-order valence-corrected chi connectivity index (χ3v) is 4.22. The van der Waals surface area contributed by atoms with E-state index in [1.165, 1.54) is 29.5 Å². The Balaban J connectivity index is 2.07. The molecule has 1 unspecified atom stereocenters. The van der Waals surface area contributed by atoms with Crippen molar-refractivity contribution in [2.45, 2.75) is 30.4 Å². The normalized spacial score (nSPS) is 12.2. The summed E-state index contributed by atoms with van der Waals surface area (Å²) in [5.74, 6) is -0.205. The van der Waals surface area contributed by atoms with Gasteiger partial charge < -0.3 is 0 Å². The molecule has 104 valence electrons. The lowest BCUT2D eigenvalue weighted by Gasteiger charge is -2.10. The van der Waals surface area contributed by atoms with Gasteiger partial charge in [0.2, 0.25) is 0 Å². The summed E-state index contributed by atoms with van der Waals surface area (Å²) in [4.78, 5) is 13.1. The molecule has 0 aliphatic heterocycles. The number of halogens is 1. The summed E-state index contributed by atoms with van der Waals surface area (Å²) in [6, 6.07) is 14.0. The van der Waals surface area contributed by atoms with Crippen LogP contribution in [-0.2, 0) is 6.42 Å². The Morgan fingerprint density at radius 3 is 2.50 bits per heavy atom. The van der Waals surface area contributed by atoms with Gasteiger partial charge >= 0.3 is 0 Å². The molecule has 0 heterocycles. The van der Waals surface area contributed by atoms with Crippen LogP contribution in [0.3, 0.4) is 0 Å². The van der Waals surface area contributed by atoms with Gasteiger partial charge in [-0.05, 0) is 37.1 Å². The highest BCUT2D eigenvalue weighted by Gasteiger charge is 2.16. The fourth-order valence-corrected chi connectivity index (χ4v) is 2.93. The minimum Gasteiger partial charge on any atom is -0.293 e. The van der Waals surface area contributed by atoms with Gasteiger partial charge in [-0.15, -0.1) is 11.8 Å². The number of thioether (sulfide) groups is 1. The van der Waals surface area contributed by atoms with Crippen molar-refractivity contribution < 1.29 is 9.18 Å². The number of carbonyl (C=O) groups excluding carboxylic acids is 1. The zero-order chi connectivity index (χ0) is 14.5. The second-order valence-electron chi connectivity index (χ2n) is 4.63. The van der Waals surface area contributed by atoms with E-state index in [4.69, 9.17) is 0 Å². The maximum atomic E-state index is 13.1. The molecule has 0 amide bonds. The lowest BCUT2D eigenvalue weighted by atomic mass is 10.1. The largest absolute Gasteiger partial charge is 0.293 e. The Morgan fingerprint density at radius 1 is 1.20 bits per heavy atom. The van der Waals surface area contributed by atoms with E-state index in [1.54, 1.807) is 6.07 Å². The highest BCUT2D eigenvalue weighted by molar-refractivity contribution is 8.00. The highest BCUT2D eigenvalue weighted by Crippen LogP contribution is 2.26. The van der Waals surface area contributed by atoms with Gasteiger partial charge in [-0.1, -0.05) is 37.3 Å². The van der Waals surface area contributed by atoms with Gasteiger partial charge in [-0.2, -0.15) is 0 Å². The molecule has 2 aromatic carbocycles. The molecular formula is C17H17FOS. The van der Waals surface area contributed by atoms with Gasteiger partial charge in [0.25, 0.3) is 0 Å². The Morgan fingerprint density at radius 2 is 1.90 bits per heavy atom. The second kappa shape index (κ2) is 6.71. The highest BCUT2D eigenvalue weighted by atomic mass is 32.2. The Bertz CT molecular complexity index is 592. The van der Waals surface area contributed by atoms with E-state index in [9.17, 15) is 9.18 Å². The predicted molar refractivity (Wildman–Crippen MR) is 81.9 cm³/mol. The Hall–Kier alpha value is -1.61. The quantitative estimate of drug-likeness (QED) is 0.583. The van der Waals surface area contributed by atoms with Crippen LogP contribution < -0.4 is 0 Å². The molecule has 0 aliphatic rings. The van der Waals surface area contributed by atoms with Crippen molar-refractivity contribution >= 4 is 17.5 Å². The molecule has 0 fully saturated rings. The number of rotatable bonds is 5. The molecule has 0 saturated heterocycles. The monoisotopic (exact) mass is 288 g/mol. The first-order valence-electron chi connectivity index (χ1n) is 6.65. The van der Waals surface area contributed by atoms with Crippen molar-refractivity contribution in [3.8, 4) is 0 Å². The van der Waals surface area contributed by atoms with Crippen LogP contribution in [-0.4, -0.2) is 11.0 Å². The lowest BCUT2D eigenvalue weighted by molar-refractivity contribution is 0.0994. The molecule has 1 nitrogen and oxygen atoms in total. The Kier molecular flexibility index (Phi) is 4.96. The average Bonchev–Trinajstić information content (AvgIpc) is 2.46. The summed E-state index contributed by atoms with van der Waals surface area (Å²) in [7, 11) is 0. The smallest absolute Gasteiger partial charge is 0.175 e.